The number of rotatable bonds is 6. The molecule has 6 heteroatoms. The Balaban J connectivity index is 1.92. The number of hydrogen-bond donors (Lipinski definition) is 2. The van der Waals surface area contributed by atoms with Crippen molar-refractivity contribution in [3.63, 3.8) is 0 Å². The van der Waals surface area contributed by atoms with Crippen molar-refractivity contribution in [3.8, 4) is 0 Å². The third-order valence-corrected chi connectivity index (χ3v) is 4.90. The molecule has 5 nitrogen and oxygen atoms in total. The van der Waals surface area contributed by atoms with Crippen LogP contribution in [0.1, 0.15) is 42.7 Å². The molecule has 2 unspecified atom stereocenters. The van der Waals surface area contributed by atoms with Crippen LogP contribution in [0.2, 0.25) is 0 Å². The molecular weight excluding hydrogens is 274 g/mol. The molecular formula is C14H23N3O2S. The van der Waals surface area contributed by atoms with E-state index in [9.17, 15) is 4.79 Å². The predicted molar refractivity (Wildman–Crippen MR) is 79.9 cm³/mol. The van der Waals surface area contributed by atoms with Crippen LogP contribution in [0.5, 0.6) is 0 Å². The number of nitrogens with zero attached hydrogens (tertiary/aromatic N) is 1. The van der Waals surface area contributed by atoms with Crippen LogP contribution < -0.4 is 11.1 Å². The average Bonchev–Trinajstić information content (AvgIpc) is 2.86. The number of carbonyl (C=O) groups excluding carboxylic acids is 1. The fourth-order valence-corrected chi connectivity index (χ4v) is 3.29. The highest BCUT2D eigenvalue weighted by atomic mass is 32.1. The van der Waals surface area contributed by atoms with Gasteiger partial charge in [0.2, 0.25) is 0 Å². The van der Waals surface area contributed by atoms with E-state index in [-0.39, 0.29) is 23.5 Å². The second-order valence-corrected chi connectivity index (χ2v) is 6.63. The van der Waals surface area contributed by atoms with Crippen LogP contribution in [0.4, 0.5) is 0 Å². The van der Waals surface area contributed by atoms with Crippen molar-refractivity contribution < 1.29 is 9.53 Å². The number of nitrogens with one attached hydrogen (secondary N) is 1. The van der Waals surface area contributed by atoms with Crippen LogP contribution in [0.25, 0.3) is 0 Å². The average molecular weight is 297 g/mol. The van der Waals surface area contributed by atoms with E-state index in [2.05, 4.69) is 24.1 Å². The van der Waals surface area contributed by atoms with Crippen LogP contribution >= 0.6 is 11.3 Å². The first-order valence-electron chi connectivity index (χ1n) is 7.06. The Labute approximate surface area is 123 Å². The molecule has 1 aromatic rings. The highest BCUT2D eigenvalue weighted by Crippen LogP contribution is 2.42. The van der Waals surface area contributed by atoms with E-state index in [1.54, 1.807) is 5.38 Å². The van der Waals surface area contributed by atoms with Gasteiger partial charge in [0.25, 0.3) is 5.91 Å². The van der Waals surface area contributed by atoms with E-state index in [1.807, 2.05) is 6.92 Å². The Morgan fingerprint density at radius 2 is 2.40 bits per heavy atom. The van der Waals surface area contributed by atoms with Gasteiger partial charge in [-0.1, -0.05) is 13.8 Å². The van der Waals surface area contributed by atoms with Crippen molar-refractivity contribution in [2.45, 2.75) is 45.8 Å². The largest absolute Gasteiger partial charge is 0.378 e. The van der Waals surface area contributed by atoms with Crippen LogP contribution in [-0.2, 0) is 11.2 Å². The third-order valence-electron chi connectivity index (χ3n) is 3.99. The Morgan fingerprint density at radius 3 is 3.00 bits per heavy atom. The smallest absolute Gasteiger partial charge is 0.270 e. The summed E-state index contributed by atoms with van der Waals surface area (Å²) in [6, 6.07) is 0.145. The van der Waals surface area contributed by atoms with Crippen molar-refractivity contribution in [1.29, 1.82) is 0 Å². The molecule has 0 aliphatic heterocycles. The molecule has 1 heterocycles. The molecule has 1 aliphatic carbocycles. The normalized spacial score (nSPS) is 24.2. The minimum absolute atomic E-state index is 0.0260. The second-order valence-electron chi connectivity index (χ2n) is 5.69. The van der Waals surface area contributed by atoms with Crippen molar-refractivity contribution in [2.75, 3.05) is 13.2 Å². The molecule has 1 aromatic heterocycles. The highest BCUT2D eigenvalue weighted by molar-refractivity contribution is 7.09. The Hall–Kier alpha value is -0.980. The molecule has 0 saturated heterocycles. The molecule has 0 bridgehead atoms. The number of thiazole rings is 1. The van der Waals surface area contributed by atoms with Crippen molar-refractivity contribution in [2.24, 2.45) is 11.1 Å². The number of carbonyl (C=O) groups is 1. The number of hydrogen-bond acceptors (Lipinski definition) is 5. The summed E-state index contributed by atoms with van der Waals surface area (Å²) in [5.74, 6) is -0.0995. The summed E-state index contributed by atoms with van der Waals surface area (Å²) in [7, 11) is 0. The van der Waals surface area contributed by atoms with Gasteiger partial charge in [-0.2, -0.15) is 0 Å². The molecule has 3 N–H and O–H groups in total. The van der Waals surface area contributed by atoms with Gasteiger partial charge < -0.3 is 15.8 Å². The summed E-state index contributed by atoms with van der Waals surface area (Å²) in [5, 5.41) is 5.77. The van der Waals surface area contributed by atoms with Crippen LogP contribution in [0.3, 0.4) is 0 Å². The highest BCUT2D eigenvalue weighted by Gasteiger charge is 2.49. The molecule has 0 spiro atoms. The number of amides is 1. The van der Waals surface area contributed by atoms with Crippen LogP contribution in [-0.4, -0.2) is 36.2 Å². The van der Waals surface area contributed by atoms with Crippen LogP contribution in [0.15, 0.2) is 5.38 Å². The van der Waals surface area contributed by atoms with Gasteiger partial charge in [0.15, 0.2) is 0 Å². The standard InChI is InChI=1S/C14H23N3O2S/c1-4-19-11-7-10(14(11,2)3)17-13(18)9-8-20-12(16-9)5-6-15/h8,10-11H,4-7,15H2,1-3H3,(H,17,18). The molecule has 1 fully saturated rings. The van der Waals surface area contributed by atoms with Crippen molar-refractivity contribution in [3.05, 3.63) is 16.1 Å². The van der Waals surface area contributed by atoms with Crippen molar-refractivity contribution in [1.82, 2.24) is 10.3 Å². The molecule has 1 aliphatic rings. The molecule has 112 valence electrons. The number of nitrogens with two attached hydrogens (primary N) is 1. The van der Waals surface area contributed by atoms with Gasteiger partial charge in [0.1, 0.15) is 5.69 Å². The maximum absolute atomic E-state index is 12.2. The van der Waals surface area contributed by atoms with Crippen molar-refractivity contribution >= 4 is 17.2 Å². The maximum Gasteiger partial charge on any atom is 0.270 e. The summed E-state index contributed by atoms with van der Waals surface area (Å²) in [4.78, 5) is 16.5. The predicted octanol–water partition coefficient (Wildman–Crippen LogP) is 1.58. The molecule has 1 saturated carbocycles. The second kappa shape index (κ2) is 6.20. The summed E-state index contributed by atoms with van der Waals surface area (Å²) in [5.41, 5.74) is 5.96. The van der Waals surface area contributed by atoms with Gasteiger partial charge in [0.05, 0.1) is 11.1 Å². The van der Waals surface area contributed by atoms with Gasteiger partial charge in [-0.3, -0.25) is 4.79 Å². The lowest BCUT2D eigenvalue weighted by molar-refractivity contribution is -0.111. The first-order valence-corrected chi connectivity index (χ1v) is 7.94. The zero-order valence-electron chi connectivity index (χ0n) is 12.3. The van der Waals surface area contributed by atoms with E-state index >= 15 is 0 Å². The lowest BCUT2D eigenvalue weighted by Gasteiger charge is -2.51. The van der Waals surface area contributed by atoms with E-state index in [4.69, 9.17) is 10.5 Å². The Bertz CT molecular complexity index is 473. The van der Waals surface area contributed by atoms with Gasteiger partial charge in [0, 0.05) is 29.9 Å². The fraction of sp³-hybridized carbons (Fsp3) is 0.714. The Kier molecular flexibility index (Phi) is 4.78. The Morgan fingerprint density at radius 1 is 1.65 bits per heavy atom. The molecule has 20 heavy (non-hydrogen) atoms. The number of aromatic nitrogens is 1. The zero-order chi connectivity index (χ0) is 14.8. The first-order chi connectivity index (χ1) is 9.48. The maximum atomic E-state index is 12.2. The summed E-state index contributed by atoms with van der Waals surface area (Å²) in [6.45, 7) is 7.52. The zero-order valence-corrected chi connectivity index (χ0v) is 13.1. The van der Waals surface area contributed by atoms with Gasteiger partial charge >= 0.3 is 0 Å². The van der Waals surface area contributed by atoms with Gasteiger partial charge in [-0.25, -0.2) is 4.98 Å². The van der Waals surface area contributed by atoms with Gasteiger partial charge in [-0.05, 0) is 19.9 Å². The van der Waals surface area contributed by atoms with Crippen LogP contribution in [0, 0.1) is 5.41 Å². The first kappa shape index (κ1) is 15.4. The van der Waals surface area contributed by atoms with E-state index in [0.717, 1.165) is 17.8 Å². The minimum atomic E-state index is -0.0995. The van der Waals surface area contributed by atoms with E-state index in [1.165, 1.54) is 11.3 Å². The fourth-order valence-electron chi connectivity index (χ4n) is 2.50. The topological polar surface area (TPSA) is 77.2 Å². The molecule has 0 aromatic carbocycles. The lowest BCUT2D eigenvalue weighted by atomic mass is 9.64. The minimum Gasteiger partial charge on any atom is -0.378 e. The molecule has 2 rings (SSSR count). The monoisotopic (exact) mass is 297 g/mol. The van der Waals surface area contributed by atoms with E-state index < -0.39 is 0 Å². The molecule has 0 radical (unpaired) electrons. The number of ether oxygens (including phenoxy) is 1. The quantitative estimate of drug-likeness (QED) is 0.835. The summed E-state index contributed by atoms with van der Waals surface area (Å²) >= 11 is 1.49. The van der Waals surface area contributed by atoms with Gasteiger partial charge in [-0.15, -0.1) is 11.3 Å². The third kappa shape index (κ3) is 3.02. The lowest BCUT2D eigenvalue weighted by Crippen LogP contribution is -2.62. The summed E-state index contributed by atoms with van der Waals surface area (Å²) in [6.07, 6.45) is 1.81. The summed E-state index contributed by atoms with van der Waals surface area (Å²) < 4.78 is 5.67. The molecule has 1 amide bonds. The molecule has 2 atom stereocenters. The van der Waals surface area contributed by atoms with E-state index in [0.29, 0.717) is 18.8 Å². The SMILES string of the molecule is CCOC1CC(NC(=O)c2csc(CCN)n2)C1(C)C.